The summed E-state index contributed by atoms with van der Waals surface area (Å²) >= 11 is 7.39. The largest absolute Gasteiger partial charge is 0.293 e. The number of halogens is 1. The predicted molar refractivity (Wildman–Crippen MR) is 163 cm³/mol. The van der Waals surface area contributed by atoms with Gasteiger partial charge in [-0.05, 0) is 54.7 Å². The number of carbonyl (C=O) groups is 1. The Morgan fingerprint density at radius 3 is 2.41 bits per heavy atom. The van der Waals surface area contributed by atoms with Crippen molar-refractivity contribution in [2.24, 2.45) is 0 Å². The maximum atomic E-state index is 14.6. The van der Waals surface area contributed by atoms with Gasteiger partial charge in [0.15, 0.2) is 10.9 Å². The summed E-state index contributed by atoms with van der Waals surface area (Å²) in [6.07, 6.45) is 6.25. The lowest BCUT2D eigenvalue weighted by molar-refractivity contribution is 0.102. The molecule has 206 valence electrons. The summed E-state index contributed by atoms with van der Waals surface area (Å²) in [7, 11) is 0. The van der Waals surface area contributed by atoms with Crippen molar-refractivity contribution in [2.75, 3.05) is 5.75 Å². The highest BCUT2D eigenvalue weighted by molar-refractivity contribution is 7.99. The van der Waals surface area contributed by atoms with Crippen LogP contribution in [0, 0.1) is 0 Å². The summed E-state index contributed by atoms with van der Waals surface area (Å²) < 4.78 is 3.84. The zero-order valence-electron chi connectivity index (χ0n) is 22.6. The summed E-state index contributed by atoms with van der Waals surface area (Å²) in [5, 5.41) is 10.4. The summed E-state index contributed by atoms with van der Waals surface area (Å²) in [6, 6.07) is 25.4. The van der Waals surface area contributed by atoms with Crippen LogP contribution in [0.4, 0.5) is 0 Å². The Morgan fingerprint density at radius 2 is 1.63 bits per heavy atom. The molecule has 8 heteroatoms. The first-order valence-electron chi connectivity index (χ1n) is 14.1. The van der Waals surface area contributed by atoms with Gasteiger partial charge >= 0.3 is 0 Å². The number of rotatable bonds is 6. The van der Waals surface area contributed by atoms with Crippen LogP contribution in [-0.4, -0.2) is 30.7 Å². The van der Waals surface area contributed by atoms with E-state index in [1.54, 1.807) is 28.8 Å². The molecule has 0 amide bonds. The van der Waals surface area contributed by atoms with Gasteiger partial charge in [-0.1, -0.05) is 97.2 Å². The molecule has 0 aliphatic heterocycles. The molecule has 1 spiro atoms. The Balaban J connectivity index is 1.43. The van der Waals surface area contributed by atoms with Crippen molar-refractivity contribution < 1.29 is 4.79 Å². The van der Waals surface area contributed by atoms with Gasteiger partial charge in [0.25, 0.3) is 5.56 Å². The Bertz CT molecular complexity index is 1820. The molecule has 1 fully saturated rings. The van der Waals surface area contributed by atoms with Crippen LogP contribution in [0.15, 0.2) is 88.8 Å². The molecule has 41 heavy (non-hydrogen) atoms. The summed E-state index contributed by atoms with van der Waals surface area (Å²) in [6.45, 7) is 0.403. The van der Waals surface area contributed by atoms with Crippen molar-refractivity contribution in [1.82, 2.24) is 19.2 Å². The standard InChI is InChI=1S/C33H29ClN4O2S/c34-25-15-13-23(14-16-25)27(39)21-41-32-36-35-31-37(20-22-9-3-1-4-10-22)30(40)28-29(38(31)32)26-12-6-5-11-24(26)19-33(28)17-7-2-8-18-33/h1,3-6,9-16H,2,7-8,17-21H2. The van der Waals surface area contributed by atoms with E-state index in [0.717, 1.165) is 54.5 Å². The number of Topliss-reactive ketones (excluding diaryl/α,β-unsaturated/α-hetero) is 1. The van der Waals surface area contributed by atoms with E-state index in [1.807, 2.05) is 40.8 Å². The van der Waals surface area contributed by atoms with Gasteiger partial charge in [0.05, 0.1) is 18.0 Å². The third-order valence-corrected chi connectivity index (χ3v) is 9.78. The van der Waals surface area contributed by atoms with E-state index in [2.05, 4.69) is 28.4 Å². The lowest BCUT2D eigenvalue weighted by Gasteiger charge is -2.42. The predicted octanol–water partition coefficient (Wildman–Crippen LogP) is 6.99. The van der Waals surface area contributed by atoms with E-state index in [4.69, 9.17) is 11.6 Å². The second-order valence-corrected chi connectivity index (χ2v) is 12.5. The normalized spacial score (nSPS) is 15.5. The number of carbonyl (C=O) groups excluding carboxylic acids is 1. The van der Waals surface area contributed by atoms with Gasteiger partial charge in [0.2, 0.25) is 5.78 Å². The number of thioether (sulfide) groups is 1. The van der Waals surface area contributed by atoms with Crippen LogP contribution in [0.2, 0.25) is 5.02 Å². The molecule has 2 aliphatic rings. The number of hydrogen-bond donors (Lipinski definition) is 0. The molecular weight excluding hydrogens is 552 g/mol. The molecular formula is C33H29ClN4O2S. The van der Waals surface area contributed by atoms with E-state index < -0.39 is 0 Å². The van der Waals surface area contributed by atoms with Crippen LogP contribution < -0.4 is 5.56 Å². The van der Waals surface area contributed by atoms with Gasteiger partial charge in [-0.15, -0.1) is 10.2 Å². The average molecular weight is 581 g/mol. The first-order chi connectivity index (χ1) is 20.0. The van der Waals surface area contributed by atoms with Crippen molar-refractivity contribution in [3.63, 3.8) is 0 Å². The fraction of sp³-hybridized carbons (Fsp3) is 0.273. The highest BCUT2D eigenvalue weighted by atomic mass is 35.5. The first-order valence-corrected chi connectivity index (χ1v) is 15.5. The summed E-state index contributed by atoms with van der Waals surface area (Å²) in [4.78, 5) is 27.7. The van der Waals surface area contributed by atoms with Gasteiger partial charge in [0.1, 0.15) is 0 Å². The third kappa shape index (κ3) is 4.61. The molecule has 0 radical (unpaired) electrons. The second kappa shape index (κ2) is 10.6. The number of nitrogens with zero attached hydrogens (tertiary/aromatic N) is 4. The molecule has 2 aromatic heterocycles. The van der Waals surface area contributed by atoms with Crippen molar-refractivity contribution >= 4 is 34.9 Å². The molecule has 0 bridgehead atoms. The van der Waals surface area contributed by atoms with Crippen LogP contribution in [0.25, 0.3) is 17.0 Å². The van der Waals surface area contributed by atoms with Crippen LogP contribution in [0.5, 0.6) is 0 Å². The van der Waals surface area contributed by atoms with Crippen molar-refractivity contribution in [1.29, 1.82) is 0 Å². The Labute approximate surface area is 247 Å². The Kier molecular flexibility index (Phi) is 6.79. The molecule has 1 saturated carbocycles. The minimum absolute atomic E-state index is 0.0148. The Morgan fingerprint density at radius 1 is 0.902 bits per heavy atom. The maximum Gasteiger partial charge on any atom is 0.259 e. The van der Waals surface area contributed by atoms with Crippen molar-refractivity contribution in [3.8, 4) is 11.3 Å². The second-order valence-electron chi connectivity index (χ2n) is 11.1. The number of hydrogen-bond acceptors (Lipinski definition) is 5. The van der Waals surface area contributed by atoms with E-state index in [1.165, 1.54) is 23.7 Å². The van der Waals surface area contributed by atoms with Crippen molar-refractivity contribution in [3.05, 3.63) is 116 Å². The number of ketones is 1. The summed E-state index contributed by atoms with van der Waals surface area (Å²) in [5.41, 5.74) is 5.51. The van der Waals surface area contributed by atoms with Crippen LogP contribution in [0.3, 0.4) is 0 Å². The number of benzene rings is 3. The lowest BCUT2D eigenvalue weighted by atomic mass is 9.62. The highest BCUT2D eigenvalue weighted by Crippen LogP contribution is 2.49. The first kappa shape index (κ1) is 26.2. The molecule has 0 unspecified atom stereocenters. The molecule has 2 heterocycles. The maximum absolute atomic E-state index is 14.6. The lowest BCUT2D eigenvalue weighted by Crippen LogP contribution is -2.43. The monoisotopic (exact) mass is 580 g/mol. The molecule has 0 saturated heterocycles. The van der Waals surface area contributed by atoms with Gasteiger partial charge in [-0.25, -0.2) is 0 Å². The van der Waals surface area contributed by atoms with Crippen molar-refractivity contribution in [2.45, 2.75) is 55.6 Å². The fourth-order valence-corrected chi connectivity index (χ4v) is 7.62. The van der Waals surface area contributed by atoms with E-state index in [9.17, 15) is 9.59 Å². The smallest absolute Gasteiger partial charge is 0.259 e. The van der Waals surface area contributed by atoms with E-state index in [-0.39, 0.29) is 22.5 Å². The van der Waals surface area contributed by atoms with Crippen LogP contribution in [0.1, 0.15) is 59.2 Å². The quantitative estimate of drug-likeness (QED) is 0.160. The zero-order chi connectivity index (χ0) is 28.0. The van der Waals surface area contributed by atoms with E-state index in [0.29, 0.717) is 28.1 Å². The molecule has 7 rings (SSSR count). The molecule has 2 aliphatic carbocycles. The van der Waals surface area contributed by atoms with Crippen LogP contribution >= 0.6 is 23.4 Å². The van der Waals surface area contributed by atoms with Gasteiger partial charge in [-0.2, -0.15) is 0 Å². The van der Waals surface area contributed by atoms with Gasteiger partial charge in [0, 0.05) is 27.1 Å². The highest BCUT2D eigenvalue weighted by Gasteiger charge is 2.44. The molecule has 0 atom stereocenters. The van der Waals surface area contributed by atoms with E-state index >= 15 is 0 Å². The average Bonchev–Trinajstić information content (AvgIpc) is 3.42. The number of fused-ring (bicyclic) bond motifs is 6. The third-order valence-electron chi connectivity index (χ3n) is 8.60. The molecule has 3 aromatic carbocycles. The number of aromatic nitrogens is 4. The minimum atomic E-state index is -0.225. The molecule has 0 N–H and O–H groups in total. The zero-order valence-corrected chi connectivity index (χ0v) is 24.1. The van der Waals surface area contributed by atoms with Gasteiger partial charge < -0.3 is 0 Å². The Hall–Kier alpha value is -3.68. The SMILES string of the molecule is O=C(CSc1nnc2n(Cc3ccccc3)c(=O)c3c(n12)-c1ccccc1CC31CCCCC1)c1ccc(Cl)cc1. The fourth-order valence-electron chi connectivity index (χ4n) is 6.67. The molecule has 5 aromatic rings. The summed E-state index contributed by atoms with van der Waals surface area (Å²) in [5.74, 6) is 0.683. The molecule has 6 nitrogen and oxygen atoms in total. The topological polar surface area (TPSA) is 69.3 Å². The minimum Gasteiger partial charge on any atom is -0.293 e. The van der Waals surface area contributed by atoms with Gasteiger partial charge in [-0.3, -0.25) is 18.6 Å². The van der Waals surface area contributed by atoms with Crippen LogP contribution in [-0.2, 0) is 18.4 Å².